The minimum atomic E-state index is -3.71. The standard InChI is InChI=1S/C20H16ClN3O2S2/c1-13-6-8-14(9-7-13)28(25,26)24-11-10-16-15(4-3-5-18(16)24)17-12-19(21)23-20(22-17)27-2/h3-12H,1-2H3. The molecule has 0 aliphatic heterocycles. The Balaban J connectivity index is 1.90. The van der Waals surface area contributed by atoms with Gasteiger partial charge in [-0.3, -0.25) is 0 Å². The van der Waals surface area contributed by atoms with Gasteiger partial charge < -0.3 is 0 Å². The molecule has 4 aromatic rings. The first-order valence-corrected chi connectivity index (χ1v) is 11.5. The predicted octanol–water partition coefficient (Wildman–Crippen LogP) is 5.02. The lowest BCUT2D eigenvalue weighted by atomic mass is 10.1. The smallest absolute Gasteiger partial charge is 0.241 e. The quantitative estimate of drug-likeness (QED) is 0.259. The summed E-state index contributed by atoms with van der Waals surface area (Å²) in [5, 5.41) is 1.68. The molecule has 142 valence electrons. The van der Waals surface area contributed by atoms with Crippen LogP contribution in [-0.4, -0.2) is 28.6 Å². The molecular formula is C20H16ClN3O2S2. The number of hydrogen-bond acceptors (Lipinski definition) is 5. The van der Waals surface area contributed by atoms with Gasteiger partial charge in [-0.2, -0.15) is 0 Å². The Morgan fingerprint density at radius 3 is 2.50 bits per heavy atom. The maximum atomic E-state index is 13.1. The van der Waals surface area contributed by atoms with E-state index in [0.717, 1.165) is 16.5 Å². The number of fused-ring (bicyclic) bond motifs is 1. The number of benzene rings is 2. The Morgan fingerprint density at radius 2 is 1.79 bits per heavy atom. The molecule has 0 aliphatic rings. The number of aromatic nitrogens is 3. The zero-order valence-electron chi connectivity index (χ0n) is 15.1. The first kappa shape index (κ1) is 19.0. The molecule has 8 heteroatoms. The third kappa shape index (κ3) is 3.30. The van der Waals surface area contributed by atoms with Crippen LogP contribution in [0.1, 0.15) is 5.56 Å². The van der Waals surface area contributed by atoms with Crippen LogP contribution in [0, 0.1) is 6.92 Å². The second-order valence-corrected chi connectivity index (χ2v) is 9.21. The fourth-order valence-corrected chi connectivity index (χ4v) is 4.98. The minimum Gasteiger partial charge on any atom is -0.241 e. The summed E-state index contributed by atoms with van der Waals surface area (Å²) in [5.41, 5.74) is 3.04. The zero-order chi connectivity index (χ0) is 19.9. The van der Waals surface area contributed by atoms with Crippen molar-refractivity contribution in [3.05, 3.63) is 71.5 Å². The van der Waals surface area contributed by atoms with Crippen molar-refractivity contribution >= 4 is 44.3 Å². The van der Waals surface area contributed by atoms with Crippen molar-refractivity contribution in [3.8, 4) is 11.3 Å². The fourth-order valence-electron chi connectivity index (χ4n) is 3.03. The number of aryl methyl sites for hydroxylation is 1. The number of rotatable bonds is 4. The number of halogens is 1. The topological polar surface area (TPSA) is 64.8 Å². The highest BCUT2D eigenvalue weighted by Gasteiger charge is 2.20. The molecule has 0 fully saturated rings. The number of nitrogens with zero attached hydrogens (tertiary/aromatic N) is 3. The van der Waals surface area contributed by atoms with Crippen molar-refractivity contribution in [2.45, 2.75) is 17.0 Å². The average Bonchev–Trinajstić information content (AvgIpc) is 3.12. The van der Waals surface area contributed by atoms with Crippen molar-refractivity contribution in [1.29, 1.82) is 0 Å². The van der Waals surface area contributed by atoms with Crippen LogP contribution in [0.15, 0.2) is 70.8 Å². The van der Waals surface area contributed by atoms with Crippen molar-refractivity contribution in [1.82, 2.24) is 13.9 Å². The van der Waals surface area contributed by atoms with E-state index in [1.54, 1.807) is 48.7 Å². The SMILES string of the molecule is CSc1nc(Cl)cc(-c2cccc3c2ccn3S(=O)(=O)c2ccc(C)cc2)n1. The molecule has 0 aliphatic carbocycles. The van der Waals surface area contributed by atoms with Crippen LogP contribution in [0.3, 0.4) is 0 Å². The van der Waals surface area contributed by atoms with Crippen molar-refractivity contribution in [2.75, 3.05) is 6.26 Å². The molecule has 0 atom stereocenters. The minimum absolute atomic E-state index is 0.246. The third-order valence-electron chi connectivity index (χ3n) is 4.41. The highest BCUT2D eigenvalue weighted by molar-refractivity contribution is 7.98. The Bertz CT molecular complexity index is 1280. The van der Waals surface area contributed by atoms with E-state index in [0.29, 0.717) is 21.5 Å². The van der Waals surface area contributed by atoms with E-state index in [2.05, 4.69) is 9.97 Å². The van der Waals surface area contributed by atoms with Crippen LogP contribution in [0.5, 0.6) is 0 Å². The van der Waals surface area contributed by atoms with Gasteiger partial charge in [-0.15, -0.1) is 0 Å². The van der Waals surface area contributed by atoms with Gasteiger partial charge in [-0.1, -0.05) is 53.2 Å². The van der Waals surface area contributed by atoms with E-state index in [-0.39, 0.29) is 4.90 Å². The maximum absolute atomic E-state index is 13.1. The molecule has 0 unspecified atom stereocenters. The van der Waals surface area contributed by atoms with E-state index in [1.165, 1.54) is 15.7 Å². The predicted molar refractivity (Wildman–Crippen MR) is 114 cm³/mol. The lowest BCUT2D eigenvalue weighted by Crippen LogP contribution is -2.11. The van der Waals surface area contributed by atoms with E-state index in [9.17, 15) is 8.42 Å². The van der Waals surface area contributed by atoms with Gasteiger partial charge in [-0.25, -0.2) is 22.4 Å². The monoisotopic (exact) mass is 429 g/mol. The van der Waals surface area contributed by atoms with Crippen molar-refractivity contribution < 1.29 is 8.42 Å². The zero-order valence-corrected chi connectivity index (χ0v) is 17.5. The van der Waals surface area contributed by atoms with Gasteiger partial charge in [-0.05, 0) is 37.4 Å². The second kappa shape index (κ2) is 7.24. The third-order valence-corrected chi connectivity index (χ3v) is 6.85. The van der Waals surface area contributed by atoms with Gasteiger partial charge in [0.2, 0.25) is 0 Å². The Kier molecular flexibility index (Phi) is 4.91. The van der Waals surface area contributed by atoms with E-state index >= 15 is 0 Å². The molecule has 0 amide bonds. The van der Waals surface area contributed by atoms with Gasteiger partial charge in [0.25, 0.3) is 10.0 Å². The maximum Gasteiger partial charge on any atom is 0.268 e. The van der Waals surface area contributed by atoms with E-state index in [4.69, 9.17) is 11.6 Å². The van der Waals surface area contributed by atoms with E-state index in [1.807, 2.05) is 25.3 Å². The van der Waals surface area contributed by atoms with Gasteiger partial charge in [0, 0.05) is 23.2 Å². The molecule has 2 aromatic heterocycles. The van der Waals surface area contributed by atoms with Crippen LogP contribution in [-0.2, 0) is 10.0 Å². The Hall–Kier alpha value is -2.35. The molecule has 2 heterocycles. The van der Waals surface area contributed by atoms with Crippen molar-refractivity contribution in [3.63, 3.8) is 0 Å². The largest absolute Gasteiger partial charge is 0.268 e. The Labute approximate surface area is 172 Å². The lowest BCUT2D eigenvalue weighted by Gasteiger charge is -2.09. The van der Waals surface area contributed by atoms with Gasteiger partial charge in [0.15, 0.2) is 5.16 Å². The summed E-state index contributed by atoms with van der Waals surface area (Å²) in [6.45, 7) is 1.92. The molecular weight excluding hydrogens is 414 g/mol. The summed E-state index contributed by atoms with van der Waals surface area (Å²) in [4.78, 5) is 8.93. The first-order chi connectivity index (χ1) is 13.4. The summed E-state index contributed by atoms with van der Waals surface area (Å²) in [5.74, 6) is 0. The number of thioether (sulfide) groups is 1. The lowest BCUT2D eigenvalue weighted by molar-refractivity contribution is 0.589. The van der Waals surface area contributed by atoms with Crippen LogP contribution in [0.4, 0.5) is 0 Å². The second-order valence-electron chi connectivity index (χ2n) is 6.23. The summed E-state index contributed by atoms with van der Waals surface area (Å²) in [6, 6.07) is 15.8. The molecule has 0 spiro atoms. The molecule has 5 nitrogen and oxygen atoms in total. The normalized spacial score (nSPS) is 11.8. The van der Waals surface area contributed by atoms with Crippen LogP contribution >= 0.6 is 23.4 Å². The summed E-state index contributed by atoms with van der Waals surface area (Å²) < 4.78 is 27.6. The molecule has 0 bridgehead atoms. The molecule has 0 saturated heterocycles. The van der Waals surface area contributed by atoms with Crippen LogP contribution in [0.25, 0.3) is 22.2 Å². The molecule has 4 rings (SSSR count). The summed E-state index contributed by atoms with van der Waals surface area (Å²) >= 11 is 7.53. The van der Waals surface area contributed by atoms with Crippen LogP contribution in [0.2, 0.25) is 5.15 Å². The van der Waals surface area contributed by atoms with Gasteiger partial charge >= 0.3 is 0 Å². The molecule has 0 N–H and O–H groups in total. The number of hydrogen-bond donors (Lipinski definition) is 0. The highest BCUT2D eigenvalue weighted by atomic mass is 35.5. The van der Waals surface area contributed by atoms with Gasteiger partial charge in [0.1, 0.15) is 5.15 Å². The first-order valence-electron chi connectivity index (χ1n) is 8.41. The summed E-state index contributed by atoms with van der Waals surface area (Å²) in [7, 11) is -3.71. The molecule has 2 aromatic carbocycles. The van der Waals surface area contributed by atoms with E-state index < -0.39 is 10.0 Å². The summed E-state index contributed by atoms with van der Waals surface area (Å²) in [6.07, 6.45) is 3.45. The van der Waals surface area contributed by atoms with Crippen molar-refractivity contribution in [2.24, 2.45) is 0 Å². The highest BCUT2D eigenvalue weighted by Crippen LogP contribution is 2.32. The van der Waals surface area contributed by atoms with Gasteiger partial charge in [0.05, 0.1) is 16.1 Å². The molecule has 0 saturated carbocycles. The Morgan fingerprint density at radius 1 is 1.04 bits per heavy atom. The average molecular weight is 430 g/mol. The fraction of sp³-hybridized carbons (Fsp3) is 0.100. The molecule has 0 radical (unpaired) electrons. The molecule has 28 heavy (non-hydrogen) atoms. The van der Waals surface area contributed by atoms with Crippen LogP contribution < -0.4 is 0 Å².